The lowest BCUT2D eigenvalue weighted by Gasteiger charge is -2.16. The van der Waals surface area contributed by atoms with Gasteiger partial charge in [0.2, 0.25) is 5.91 Å². The summed E-state index contributed by atoms with van der Waals surface area (Å²) in [6.45, 7) is 3.82. The Kier molecular flexibility index (Phi) is 7.25. The van der Waals surface area contributed by atoms with E-state index < -0.39 is 18.0 Å². The van der Waals surface area contributed by atoms with Gasteiger partial charge in [0.05, 0.1) is 12.7 Å². The number of carboxylic acids is 1. The monoisotopic (exact) mass is 321 g/mol. The van der Waals surface area contributed by atoms with Crippen molar-refractivity contribution in [2.75, 3.05) is 7.11 Å². The fourth-order valence-corrected chi connectivity index (χ4v) is 2.14. The fourth-order valence-electron chi connectivity index (χ4n) is 2.14. The number of ether oxygens (including phenoxy) is 1. The first-order valence-electron chi connectivity index (χ1n) is 7.53. The van der Waals surface area contributed by atoms with Crippen molar-refractivity contribution in [3.63, 3.8) is 0 Å². The number of hydrogen-bond acceptors (Lipinski definition) is 4. The zero-order valence-corrected chi connectivity index (χ0v) is 13.7. The van der Waals surface area contributed by atoms with Crippen LogP contribution in [0.2, 0.25) is 0 Å². The van der Waals surface area contributed by atoms with E-state index in [1.807, 2.05) is 13.8 Å². The van der Waals surface area contributed by atoms with Gasteiger partial charge in [-0.2, -0.15) is 0 Å². The number of benzene rings is 1. The second kappa shape index (κ2) is 8.92. The number of rotatable bonds is 8. The number of carbonyl (C=O) groups is 3. The smallest absolute Gasteiger partial charge is 0.337 e. The van der Waals surface area contributed by atoms with Gasteiger partial charge in [-0.3, -0.25) is 4.79 Å². The molecule has 0 spiro atoms. The molecule has 1 amide bonds. The van der Waals surface area contributed by atoms with Gasteiger partial charge in [0.25, 0.3) is 0 Å². The number of amides is 1. The summed E-state index contributed by atoms with van der Waals surface area (Å²) in [6.07, 6.45) is 1.07. The number of esters is 1. The molecule has 1 aromatic rings. The molecular weight excluding hydrogens is 298 g/mol. The third-order valence-corrected chi connectivity index (χ3v) is 3.36. The van der Waals surface area contributed by atoms with Crippen LogP contribution in [-0.2, 0) is 20.7 Å². The van der Waals surface area contributed by atoms with Crippen molar-refractivity contribution in [2.24, 2.45) is 5.92 Å². The molecule has 0 aromatic heterocycles. The largest absolute Gasteiger partial charge is 0.480 e. The third kappa shape index (κ3) is 6.50. The Morgan fingerprint density at radius 3 is 2.26 bits per heavy atom. The van der Waals surface area contributed by atoms with Gasteiger partial charge in [0.15, 0.2) is 0 Å². The molecule has 6 heteroatoms. The topological polar surface area (TPSA) is 92.7 Å². The molecule has 0 radical (unpaired) electrons. The minimum Gasteiger partial charge on any atom is -0.480 e. The fraction of sp³-hybridized carbons (Fsp3) is 0.471. The van der Waals surface area contributed by atoms with Crippen LogP contribution in [0.15, 0.2) is 24.3 Å². The van der Waals surface area contributed by atoms with E-state index >= 15 is 0 Å². The standard InChI is InChI=1S/C17H23NO5/c1-11(2)10-14(16(20)21)18-15(19)9-6-12-4-7-13(8-5-12)17(22)23-3/h4-5,7-8,11,14H,6,9-10H2,1-3H3,(H,18,19)(H,20,21)/t14-/m0/s1. The van der Waals surface area contributed by atoms with Crippen molar-refractivity contribution in [2.45, 2.75) is 39.2 Å². The molecule has 1 rings (SSSR count). The molecule has 0 heterocycles. The highest BCUT2D eigenvalue weighted by atomic mass is 16.5. The van der Waals surface area contributed by atoms with Crippen LogP contribution in [0.25, 0.3) is 0 Å². The average Bonchev–Trinajstić information content (AvgIpc) is 2.51. The number of carboxylic acid groups (broad SMARTS) is 1. The maximum Gasteiger partial charge on any atom is 0.337 e. The van der Waals surface area contributed by atoms with Crippen LogP contribution in [0, 0.1) is 5.92 Å². The Morgan fingerprint density at radius 2 is 1.78 bits per heavy atom. The van der Waals surface area contributed by atoms with Crippen LogP contribution < -0.4 is 5.32 Å². The maximum absolute atomic E-state index is 11.9. The molecular formula is C17H23NO5. The lowest BCUT2D eigenvalue weighted by molar-refractivity contribution is -0.142. The van der Waals surface area contributed by atoms with Crippen molar-refractivity contribution in [3.05, 3.63) is 35.4 Å². The van der Waals surface area contributed by atoms with Gasteiger partial charge < -0.3 is 15.2 Å². The SMILES string of the molecule is COC(=O)c1ccc(CCC(=O)N[C@@H](CC(C)C)C(=O)O)cc1. The number of methoxy groups -OCH3 is 1. The van der Waals surface area contributed by atoms with E-state index in [-0.39, 0.29) is 18.2 Å². The lowest BCUT2D eigenvalue weighted by Crippen LogP contribution is -2.41. The van der Waals surface area contributed by atoms with Crippen LogP contribution >= 0.6 is 0 Å². The van der Waals surface area contributed by atoms with E-state index in [4.69, 9.17) is 5.11 Å². The van der Waals surface area contributed by atoms with E-state index in [9.17, 15) is 14.4 Å². The zero-order valence-electron chi connectivity index (χ0n) is 13.7. The van der Waals surface area contributed by atoms with Crippen LogP contribution in [0.1, 0.15) is 42.6 Å². The Bertz CT molecular complexity index is 551. The highest BCUT2D eigenvalue weighted by Gasteiger charge is 2.20. The van der Waals surface area contributed by atoms with Gasteiger partial charge in [0.1, 0.15) is 6.04 Å². The maximum atomic E-state index is 11.9. The van der Waals surface area contributed by atoms with E-state index in [1.165, 1.54) is 7.11 Å². The van der Waals surface area contributed by atoms with Crippen LogP contribution in [0.4, 0.5) is 0 Å². The molecule has 0 saturated carbocycles. The quantitative estimate of drug-likeness (QED) is 0.715. The second-order valence-electron chi connectivity index (χ2n) is 5.78. The second-order valence-corrected chi connectivity index (χ2v) is 5.78. The average molecular weight is 321 g/mol. The molecule has 0 aliphatic rings. The van der Waals surface area contributed by atoms with Crippen molar-refractivity contribution >= 4 is 17.8 Å². The van der Waals surface area contributed by atoms with Gasteiger partial charge in [0, 0.05) is 6.42 Å². The molecule has 0 saturated heterocycles. The Morgan fingerprint density at radius 1 is 1.17 bits per heavy atom. The molecule has 0 bridgehead atoms. The summed E-state index contributed by atoms with van der Waals surface area (Å²) in [5.74, 6) is -1.54. The van der Waals surface area contributed by atoms with Crippen LogP contribution in [0.5, 0.6) is 0 Å². The predicted octanol–water partition coefficient (Wildman–Crippen LogP) is 2.02. The van der Waals surface area contributed by atoms with E-state index in [0.29, 0.717) is 18.4 Å². The summed E-state index contributed by atoms with van der Waals surface area (Å²) < 4.78 is 4.61. The number of aryl methyl sites for hydroxylation is 1. The highest BCUT2D eigenvalue weighted by Crippen LogP contribution is 2.09. The molecule has 6 nitrogen and oxygen atoms in total. The van der Waals surface area contributed by atoms with Crippen molar-refractivity contribution in [1.29, 1.82) is 0 Å². The summed E-state index contributed by atoms with van der Waals surface area (Å²) >= 11 is 0. The molecule has 0 unspecified atom stereocenters. The summed E-state index contributed by atoms with van der Waals surface area (Å²) in [5.41, 5.74) is 1.34. The van der Waals surface area contributed by atoms with Gasteiger partial charge in [-0.05, 0) is 36.5 Å². The third-order valence-electron chi connectivity index (χ3n) is 3.36. The Labute approximate surface area is 135 Å². The predicted molar refractivity (Wildman–Crippen MR) is 85.1 cm³/mol. The molecule has 0 aliphatic carbocycles. The molecule has 1 atom stereocenters. The van der Waals surface area contributed by atoms with Gasteiger partial charge >= 0.3 is 11.9 Å². The number of aliphatic carboxylic acids is 1. The highest BCUT2D eigenvalue weighted by molar-refractivity contribution is 5.89. The summed E-state index contributed by atoms with van der Waals surface area (Å²) in [6, 6.07) is 5.92. The summed E-state index contributed by atoms with van der Waals surface area (Å²) in [7, 11) is 1.32. The van der Waals surface area contributed by atoms with Crippen LogP contribution in [-0.4, -0.2) is 36.1 Å². The van der Waals surface area contributed by atoms with E-state index in [2.05, 4.69) is 10.1 Å². The van der Waals surface area contributed by atoms with Gasteiger partial charge in [-0.15, -0.1) is 0 Å². The minimum atomic E-state index is -1.02. The van der Waals surface area contributed by atoms with Gasteiger partial charge in [-0.25, -0.2) is 9.59 Å². The normalized spacial score (nSPS) is 11.8. The molecule has 1 aromatic carbocycles. The number of nitrogens with one attached hydrogen (secondary N) is 1. The minimum absolute atomic E-state index is 0.183. The first-order chi connectivity index (χ1) is 10.8. The first kappa shape index (κ1) is 18.7. The van der Waals surface area contributed by atoms with Gasteiger partial charge in [-0.1, -0.05) is 26.0 Å². The van der Waals surface area contributed by atoms with Crippen molar-refractivity contribution < 1.29 is 24.2 Å². The zero-order chi connectivity index (χ0) is 17.4. The summed E-state index contributed by atoms with van der Waals surface area (Å²) in [5, 5.41) is 11.6. The first-order valence-corrected chi connectivity index (χ1v) is 7.53. The molecule has 2 N–H and O–H groups in total. The summed E-state index contributed by atoms with van der Waals surface area (Å²) in [4.78, 5) is 34.3. The molecule has 0 aliphatic heterocycles. The lowest BCUT2D eigenvalue weighted by atomic mass is 10.0. The molecule has 23 heavy (non-hydrogen) atoms. The number of carbonyl (C=O) groups excluding carboxylic acids is 2. The van der Waals surface area contributed by atoms with Crippen molar-refractivity contribution in [3.8, 4) is 0 Å². The van der Waals surface area contributed by atoms with E-state index in [0.717, 1.165) is 5.56 Å². The van der Waals surface area contributed by atoms with Crippen molar-refractivity contribution in [1.82, 2.24) is 5.32 Å². The Balaban J connectivity index is 2.52. The van der Waals surface area contributed by atoms with Crippen LogP contribution in [0.3, 0.4) is 0 Å². The molecule has 0 fully saturated rings. The number of hydrogen-bond donors (Lipinski definition) is 2. The Hall–Kier alpha value is -2.37. The molecule has 126 valence electrons. The van der Waals surface area contributed by atoms with E-state index in [1.54, 1.807) is 24.3 Å².